The molecule has 1 aliphatic heterocycles. The van der Waals surface area contributed by atoms with Crippen LogP contribution in [0.5, 0.6) is 5.75 Å². The molecule has 0 radical (unpaired) electrons. The molecule has 0 amide bonds. The number of ether oxygens (including phenoxy) is 1. The number of hydrogen-bond acceptors (Lipinski definition) is 4. The largest absolute Gasteiger partial charge is 0.498 e. The number of benzene rings is 2. The van der Waals surface area contributed by atoms with Crippen molar-refractivity contribution in [2.45, 2.75) is 45.5 Å². The minimum Gasteiger partial charge on any atom is -0.489 e. The van der Waals surface area contributed by atoms with Crippen LogP contribution in [0.4, 0.5) is 8.78 Å². The van der Waals surface area contributed by atoms with Gasteiger partial charge in [-0.15, -0.1) is 0 Å². The van der Waals surface area contributed by atoms with Crippen LogP contribution in [-0.2, 0) is 15.9 Å². The molecule has 4 nitrogen and oxygen atoms in total. The summed E-state index contributed by atoms with van der Waals surface area (Å²) in [4.78, 5) is 0. The minimum atomic E-state index is -0.726. The molecular formula is C20H20BF2NO3. The van der Waals surface area contributed by atoms with Gasteiger partial charge in [0.15, 0.2) is 0 Å². The number of halogens is 2. The van der Waals surface area contributed by atoms with E-state index in [0.29, 0.717) is 5.46 Å². The van der Waals surface area contributed by atoms with Crippen molar-refractivity contribution >= 4 is 12.6 Å². The maximum atomic E-state index is 14.1. The lowest BCUT2D eigenvalue weighted by Crippen LogP contribution is -2.41. The van der Waals surface area contributed by atoms with Crippen LogP contribution in [0.15, 0.2) is 36.4 Å². The summed E-state index contributed by atoms with van der Waals surface area (Å²) in [6, 6.07) is 10.1. The Hall–Kier alpha value is -2.43. The third-order valence-electron chi connectivity index (χ3n) is 5.05. The fourth-order valence-corrected chi connectivity index (χ4v) is 2.69. The second-order valence-electron chi connectivity index (χ2n) is 7.48. The van der Waals surface area contributed by atoms with Crippen molar-refractivity contribution in [2.24, 2.45) is 0 Å². The summed E-state index contributed by atoms with van der Waals surface area (Å²) < 4.78 is 45.5. The normalized spacial score (nSPS) is 17.6. The van der Waals surface area contributed by atoms with Crippen molar-refractivity contribution in [3.05, 3.63) is 59.2 Å². The Morgan fingerprint density at radius 3 is 2.30 bits per heavy atom. The van der Waals surface area contributed by atoms with Gasteiger partial charge in [-0.1, -0.05) is 12.1 Å². The minimum absolute atomic E-state index is 0.118. The fraction of sp³-hybridized carbons (Fsp3) is 0.350. The van der Waals surface area contributed by atoms with E-state index < -0.39 is 30.0 Å². The lowest BCUT2D eigenvalue weighted by Gasteiger charge is -2.32. The molecule has 3 rings (SSSR count). The Kier molecular flexibility index (Phi) is 4.98. The molecule has 0 bridgehead atoms. The topological polar surface area (TPSA) is 51.5 Å². The Morgan fingerprint density at radius 2 is 1.70 bits per heavy atom. The zero-order valence-corrected chi connectivity index (χ0v) is 15.7. The molecule has 0 saturated carbocycles. The van der Waals surface area contributed by atoms with Gasteiger partial charge in [-0.3, -0.25) is 0 Å². The highest BCUT2D eigenvalue weighted by atomic mass is 19.1. The van der Waals surface area contributed by atoms with Crippen LogP contribution in [0.1, 0.15) is 38.8 Å². The van der Waals surface area contributed by atoms with Crippen LogP contribution in [0, 0.1) is 23.0 Å². The van der Waals surface area contributed by atoms with Gasteiger partial charge in [-0.25, -0.2) is 8.78 Å². The van der Waals surface area contributed by atoms with E-state index in [2.05, 4.69) is 0 Å². The Morgan fingerprint density at radius 1 is 1.04 bits per heavy atom. The quantitative estimate of drug-likeness (QED) is 0.769. The van der Waals surface area contributed by atoms with Gasteiger partial charge in [0.2, 0.25) is 0 Å². The van der Waals surface area contributed by atoms with E-state index in [1.54, 1.807) is 6.07 Å². The first-order valence-electron chi connectivity index (χ1n) is 8.59. The van der Waals surface area contributed by atoms with Gasteiger partial charge in [-0.05, 0) is 45.9 Å². The third kappa shape index (κ3) is 3.82. The van der Waals surface area contributed by atoms with E-state index in [-0.39, 0.29) is 23.5 Å². The Labute approximate surface area is 157 Å². The maximum absolute atomic E-state index is 14.1. The molecule has 0 atom stereocenters. The van der Waals surface area contributed by atoms with Crippen molar-refractivity contribution in [1.82, 2.24) is 0 Å². The Bertz CT molecular complexity index is 893. The number of nitriles is 1. The number of nitrogens with zero attached hydrogens (tertiary/aromatic N) is 1. The molecule has 7 heteroatoms. The summed E-state index contributed by atoms with van der Waals surface area (Å²) in [6.45, 7) is 7.56. The lowest BCUT2D eigenvalue weighted by molar-refractivity contribution is 0.00578. The molecule has 1 aliphatic rings. The van der Waals surface area contributed by atoms with E-state index >= 15 is 0 Å². The first-order valence-corrected chi connectivity index (χ1v) is 8.59. The standard InChI is InChI=1S/C20H20BF2NO3/c1-19(2)20(3,4)27-21(26-19)16-8-7-15(22)10-18(16)25-12-14-6-5-13(11-24)9-17(14)23/h5-10H,12H2,1-4H3. The SMILES string of the molecule is CC1(C)OB(c2ccc(F)cc2OCc2ccc(C#N)cc2F)OC1(C)C. The molecule has 1 saturated heterocycles. The predicted molar refractivity (Wildman–Crippen MR) is 97.6 cm³/mol. The highest BCUT2D eigenvalue weighted by Crippen LogP contribution is 2.37. The van der Waals surface area contributed by atoms with Gasteiger partial charge in [0.05, 0.1) is 22.8 Å². The van der Waals surface area contributed by atoms with Gasteiger partial charge in [0.1, 0.15) is 24.0 Å². The molecule has 1 heterocycles. The highest BCUT2D eigenvalue weighted by molar-refractivity contribution is 6.63. The van der Waals surface area contributed by atoms with Gasteiger partial charge in [0, 0.05) is 17.1 Å². The van der Waals surface area contributed by atoms with Crippen molar-refractivity contribution in [1.29, 1.82) is 5.26 Å². The van der Waals surface area contributed by atoms with E-state index in [0.717, 1.165) is 6.07 Å². The van der Waals surface area contributed by atoms with Crippen LogP contribution in [0.3, 0.4) is 0 Å². The van der Waals surface area contributed by atoms with Gasteiger partial charge in [0.25, 0.3) is 0 Å². The molecule has 0 aliphatic carbocycles. The fourth-order valence-electron chi connectivity index (χ4n) is 2.69. The summed E-state index contributed by atoms with van der Waals surface area (Å²) in [5.41, 5.74) is -0.0902. The monoisotopic (exact) mass is 371 g/mol. The van der Waals surface area contributed by atoms with Gasteiger partial charge < -0.3 is 14.0 Å². The average molecular weight is 371 g/mol. The molecule has 0 spiro atoms. The molecule has 140 valence electrons. The van der Waals surface area contributed by atoms with Crippen molar-refractivity contribution < 1.29 is 22.8 Å². The van der Waals surface area contributed by atoms with Gasteiger partial charge >= 0.3 is 7.12 Å². The first-order chi connectivity index (χ1) is 12.6. The molecule has 1 fully saturated rings. The van der Waals surface area contributed by atoms with Gasteiger partial charge in [-0.2, -0.15) is 5.26 Å². The summed E-state index contributed by atoms with van der Waals surface area (Å²) in [7, 11) is -0.726. The second kappa shape index (κ2) is 6.95. The maximum Gasteiger partial charge on any atom is 0.498 e. The average Bonchev–Trinajstić information content (AvgIpc) is 2.81. The summed E-state index contributed by atoms with van der Waals surface area (Å²) >= 11 is 0. The lowest BCUT2D eigenvalue weighted by atomic mass is 9.78. The molecule has 0 unspecified atom stereocenters. The second-order valence-corrected chi connectivity index (χ2v) is 7.48. The molecule has 27 heavy (non-hydrogen) atoms. The van der Waals surface area contributed by atoms with Crippen molar-refractivity contribution in [2.75, 3.05) is 0 Å². The Balaban J connectivity index is 1.85. The molecule has 0 N–H and O–H groups in total. The first kappa shape index (κ1) is 19.3. The van der Waals surface area contributed by atoms with Crippen LogP contribution < -0.4 is 10.2 Å². The third-order valence-corrected chi connectivity index (χ3v) is 5.05. The van der Waals surface area contributed by atoms with Crippen LogP contribution >= 0.6 is 0 Å². The molecule has 2 aromatic rings. The highest BCUT2D eigenvalue weighted by Gasteiger charge is 2.52. The number of rotatable bonds is 4. The van der Waals surface area contributed by atoms with Crippen LogP contribution in [0.2, 0.25) is 0 Å². The van der Waals surface area contributed by atoms with Crippen LogP contribution in [-0.4, -0.2) is 18.3 Å². The predicted octanol–water partition coefficient (Wildman–Crippen LogP) is 3.71. The zero-order valence-electron chi connectivity index (χ0n) is 15.7. The molecule has 2 aromatic carbocycles. The summed E-state index contributed by atoms with van der Waals surface area (Å²) in [6.07, 6.45) is 0. The smallest absolute Gasteiger partial charge is 0.489 e. The number of hydrogen-bond donors (Lipinski definition) is 0. The molecular weight excluding hydrogens is 351 g/mol. The molecule has 0 aromatic heterocycles. The van der Waals surface area contributed by atoms with E-state index in [4.69, 9.17) is 19.3 Å². The van der Waals surface area contributed by atoms with Crippen molar-refractivity contribution in [3.63, 3.8) is 0 Å². The summed E-state index contributed by atoms with van der Waals surface area (Å²) in [5.74, 6) is -0.814. The van der Waals surface area contributed by atoms with E-state index in [9.17, 15) is 8.78 Å². The summed E-state index contributed by atoms with van der Waals surface area (Å²) in [5, 5.41) is 8.82. The zero-order chi connectivity index (χ0) is 19.8. The van der Waals surface area contributed by atoms with Crippen molar-refractivity contribution in [3.8, 4) is 11.8 Å². The van der Waals surface area contributed by atoms with E-state index in [1.165, 1.54) is 24.3 Å². The van der Waals surface area contributed by atoms with Crippen LogP contribution in [0.25, 0.3) is 0 Å². The van der Waals surface area contributed by atoms with E-state index in [1.807, 2.05) is 33.8 Å².